The lowest BCUT2D eigenvalue weighted by atomic mass is 9.75. The van der Waals surface area contributed by atoms with Gasteiger partial charge in [-0.3, -0.25) is 0 Å². The lowest BCUT2D eigenvalue weighted by Crippen LogP contribution is -2.55. The van der Waals surface area contributed by atoms with Gasteiger partial charge in [-0.25, -0.2) is 29.1 Å². The number of benzene rings is 2. The molecule has 3 aliphatic heterocycles. The Morgan fingerprint density at radius 3 is 2.19 bits per heavy atom. The number of amides is 1. The van der Waals surface area contributed by atoms with Gasteiger partial charge in [0.05, 0.1) is 31.0 Å². The molecule has 2 bridgehead atoms. The first kappa shape index (κ1) is 38.7. The predicted octanol–water partition coefficient (Wildman–Crippen LogP) is 9.13. The van der Waals surface area contributed by atoms with Crippen LogP contribution in [0.25, 0.3) is 22.3 Å². The average Bonchev–Trinajstić information content (AvgIpc) is 3.44. The molecule has 0 aliphatic carbocycles. The zero-order chi connectivity index (χ0) is 40.2. The number of carbonyl (C=O) groups excluding carboxylic acids is 1. The van der Waals surface area contributed by atoms with E-state index in [2.05, 4.69) is 4.90 Å². The van der Waals surface area contributed by atoms with Gasteiger partial charge in [0.2, 0.25) is 5.88 Å². The van der Waals surface area contributed by atoms with Crippen molar-refractivity contribution in [2.24, 2.45) is 5.92 Å². The number of anilines is 1. The minimum Gasteiger partial charge on any atom is -0.497 e. The van der Waals surface area contributed by atoms with Gasteiger partial charge in [0.15, 0.2) is 11.0 Å². The fraction of sp³-hybridized carbons (Fsp3) is 0.432. The summed E-state index contributed by atoms with van der Waals surface area (Å²) in [5.41, 5.74) is 3.71. The highest BCUT2D eigenvalue weighted by Crippen LogP contribution is 2.53. The van der Waals surface area contributed by atoms with E-state index in [4.69, 9.17) is 38.9 Å². The van der Waals surface area contributed by atoms with E-state index in [1.165, 1.54) is 11.8 Å². The molecule has 13 heteroatoms. The maximum absolute atomic E-state index is 17.3. The second-order valence-electron chi connectivity index (χ2n) is 16.3. The van der Waals surface area contributed by atoms with Crippen LogP contribution in [0.5, 0.6) is 17.4 Å². The molecule has 5 aromatic rings. The van der Waals surface area contributed by atoms with Crippen LogP contribution in [0.15, 0.2) is 65.8 Å². The van der Waals surface area contributed by atoms with Crippen molar-refractivity contribution >= 4 is 34.6 Å². The molecule has 6 heterocycles. The summed E-state index contributed by atoms with van der Waals surface area (Å²) in [6, 6.07) is 19.6. The summed E-state index contributed by atoms with van der Waals surface area (Å²) in [5, 5.41) is 0.963. The van der Waals surface area contributed by atoms with E-state index in [-0.39, 0.29) is 53.2 Å². The molecule has 3 aromatic heterocycles. The average molecular weight is 793 g/mol. The quantitative estimate of drug-likeness (QED) is 0.105. The number of hydrogen-bond acceptors (Lipinski definition) is 11. The molecule has 2 fully saturated rings. The Morgan fingerprint density at radius 1 is 0.947 bits per heavy atom. The summed E-state index contributed by atoms with van der Waals surface area (Å²) in [4.78, 5) is 37.5. The Kier molecular flexibility index (Phi) is 10.4. The van der Waals surface area contributed by atoms with Crippen LogP contribution in [-0.4, -0.2) is 75.2 Å². The zero-order valence-electron chi connectivity index (χ0n) is 33.7. The Hall–Kier alpha value is -5.17. The van der Waals surface area contributed by atoms with Crippen LogP contribution >= 0.6 is 11.8 Å². The van der Waals surface area contributed by atoms with E-state index in [0.29, 0.717) is 41.6 Å². The van der Waals surface area contributed by atoms with Crippen LogP contribution in [-0.2, 0) is 17.8 Å². The number of rotatable bonds is 9. The maximum Gasteiger partial charge on any atom is 0.410 e. The lowest BCUT2D eigenvalue weighted by Gasteiger charge is -2.45. The smallest absolute Gasteiger partial charge is 0.410 e. The van der Waals surface area contributed by atoms with Crippen LogP contribution in [0.2, 0.25) is 0 Å². The number of fused-ring (bicyclic) bond motifs is 5. The zero-order valence-corrected chi connectivity index (χ0v) is 34.5. The third-order valence-electron chi connectivity index (χ3n) is 11.3. The Balaban J connectivity index is 1.21. The molecule has 298 valence electrons. The largest absolute Gasteiger partial charge is 0.497 e. The third-order valence-corrected chi connectivity index (χ3v) is 11.9. The van der Waals surface area contributed by atoms with Gasteiger partial charge in [0, 0.05) is 37.0 Å². The fourth-order valence-corrected chi connectivity index (χ4v) is 9.21. The van der Waals surface area contributed by atoms with E-state index in [1.54, 1.807) is 14.2 Å². The van der Waals surface area contributed by atoms with Gasteiger partial charge >= 0.3 is 6.09 Å². The number of pyridine rings is 2. The number of hydrogen-bond donors (Lipinski definition) is 0. The second kappa shape index (κ2) is 15.3. The molecule has 2 aromatic carbocycles. The number of halogens is 1. The lowest BCUT2D eigenvalue weighted by molar-refractivity contribution is -0.0213. The summed E-state index contributed by atoms with van der Waals surface area (Å²) in [5.74, 6) is 1.72. The predicted molar refractivity (Wildman–Crippen MR) is 219 cm³/mol. The van der Waals surface area contributed by atoms with Crippen LogP contribution < -0.4 is 19.1 Å². The molecule has 5 atom stereocenters. The molecule has 1 amide bonds. The number of carbonyl (C=O) groups is 1. The fourth-order valence-electron chi connectivity index (χ4n) is 8.84. The monoisotopic (exact) mass is 792 g/mol. The van der Waals surface area contributed by atoms with Crippen molar-refractivity contribution in [3.63, 3.8) is 0 Å². The number of methoxy groups -OCH3 is 2. The van der Waals surface area contributed by atoms with Crippen LogP contribution in [0.1, 0.15) is 75.3 Å². The molecule has 11 nitrogen and oxygen atoms in total. The molecule has 0 spiro atoms. The molecule has 8 rings (SSSR count). The molecule has 0 radical (unpaired) electrons. The van der Waals surface area contributed by atoms with E-state index >= 15 is 4.39 Å². The molecule has 57 heavy (non-hydrogen) atoms. The number of ether oxygens (including phenoxy) is 4. The summed E-state index contributed by atoms with van der Waals surface area (Å²) < 4.78 is 40.8. The van der Waals surface area contributed by atoms with Crippen molar-refractivity contribution in [2.45, 2.75) is 102 Å². The molecule has 0 saturated carbocycles. The van der Waals surface area contributed by atoms with E-state index in [9.17, 15) is 4.79 Å². The number of thioether (sulfide) groups is 1. The Bertz CT molecular complexity index is 2250. The molecule has 3 aliphatic rings. The minimum absolute atomic E-state index is 0.0200. The van der Waals surface area contributed by atoms with Crippen molar-refractivity contribution < 1.29 is 28.1 Å². The van der Waals surface area contributed by atoms with Gasteiger partial charge in [0.25, 0.3) is 0 Å². The van der Waals surface area contributed by atoms with E-state index in [1.807, 2.05) is 106 Å². The van der Waals surface area contributed by atoms with Gasteiger partial charge < -0.3 is 28.7 Å². The highest BCUT2D eigenvalue weighted by Gasteiger charge is 2.55. The molecule has 1 unspecified atom stereocenters. The van der Waals surface area contributed by atoms with Crippen molar-refractivity contribution in [2.75, 3.05) is 25.4 Å². The number of nitrogens with zero attached hydrogens (tertiary/aromatic N) is 6. The normalized spacial score (nSPS) is 21.1. The van der Waals surface area contributed by atoms with Crippen LogP contribution in [0, 0.1) is 18.7 Å². The van der Waals surface area contributed by atoms with E-state index in [0.717, 1.165) is 46.7 Å². The summed E-state index contributed by atoms with van der Waals surface area (Å²) in [7, 11) is 3.30. The molecule has 2 saturated heterocycles. The second-order valence-corrected chi connectivity index (χ2v) is 17.0. The highest BCUT2D eigenvalue weighted by atomic mass is 32.2. The Labute approximate surface area is 337 Å². The van der Waals surface area contributed by atoms with Crippen molar-refractivity contribution in [3.8, 4) is 28.8 Å². The maximum atomic E-state index is 17.3. The molecule has 0 N–H and O–H groups in total. The van der Waals surface area contributed by atoms with Gasteiger partial charge in [-0.2, -0.15) is 0 Å². The first-order valence-corrected chi connectivity index (χ1v) is 20.7. The van der Waals surface area contributed by atoms with Gasteiger partial charge in [0.1, 0.15) is 40.2 Å². The van der Waals surface area contributed by atoms with Crippen LogP contribution in [0.3, 0.4) is 0 Å². The van der Waals surface area contributed by atoms with Crippen molar-refractivity contribution in [3.05, 3.63) is 88.9 Å². The summed E-state index contributed by atoms with van der Waals surface area (Å²) >= 11 is 1.37. The first-order valence-electron chi connectivity index (χ1n) is 19.5. The van der Waals surface area contributed by atoms with Crippen molar-refractivity contribution in [1.29, 1.82) is 0 Å². The number of aromatic nitrogens is 4. The highest BCUT2D eigenvalue weighted by molar-refractivity contribution is 7.98. The third kappa shape index (κ3) is 7.53. The molecular weight excluding hydrogens is 744 g/mol. The minimum atomic E-state index is -0.620. The summed E-state index contributed by atoms with van der Waals surface area (Å²) in [6.07, 6.45) is 3.58. The number of piperidine rings is 1. The Morgan fingerprint density at radius 2 is 1.60 bits per heavy atom. The molecular formula is C44H49FN6O5S. The first-order chi connectivity index (χ1) is 27.3. The van der Waals surface area contributed by atoms with E-state index < -0.39 is 11.4 Å². The SMILES string of the molecule is COc1ccc(CN(Cc2ccc(OC)cc2)c2cc(C)cc(-c3nc4c5c(nc(SC)nc5c3F)C3C[C@H]5CC[C@@H]([C@H]3[C@H](C)O4)N5C(=O)OC(C)(C)C)n2)cc1. The van der Waals surface area contributed by atoms with Gasteiger partial charge in [-0.15, -0.1) is 0 Å². The topological polar surface area (TPSA) is 112 Å². The van der Waals surface area contributed by atoms with Gasteiger partial charge in [-0.05, 0) is 113 Å². The number of aryl methyl sites for hydroxylation is 1. The van der Waals surface area contributed by atoms with Gasteiger partial charge in [-0.1, -0.05) is 36.0 Å². The standard InChI is InChI=1S/C44H49FN6O5S/c1-24-19-32(46-34(20-24)50(22-26-9-14-29(53-6)15-10-26)23-27-11-16-30(54-7)17-12-27)39-37(45)40-36-38(48-42(49-40)57-8)31-21-28-13-18-33(35(31)25(2)55-41(36)47-39)51(28)43(52)56-44(3,4)5/h9-12,14-17,19-20,25,28,31,33,35H,13,18,21-23H2,1-8H3/t25-,28+,31?,33-,35-/m0/s1. The summed E-state index contributed by atoms with van der Waals surface area (Å²) in [6.45, 7) is 10.7. The van der Waals surface area contributed by atoms with Crippen molar-refractivity contribution in [1.82, 2.24) is 24.8 Å². The van der Waals surface area contributed by atoms with Crippen LogP contribution in [0.4, 0.5) is 15.0 Å².